The largest absolute Gasteiger partial charge is 0.487 e. The fourth-order valence-electron chi connectivity index (χ4n) is 4.75. The highest BCUT2D eigenvalue weighted by molar-refractivity contribution is 6.32. The van der Waals surface area contributed by atoms with E-state index in [1.807, 2.05) is 30.3 Å². The summed E-state index contributed by atoms with van der Waals surface area (Å²) in [6.45, 7) is 2.29. The first-order valence-corrected chi connectivity index (χ1v) is 14.3. The van der Waals surface area contributed by atoms with Gasteiger partial charge in [-0.05, 0) is 60.2 Å². The number of hydrogen-bond donors (Lipinski definition) is 2. The zero-order valence-electron chi connectivity index (χ0n) is 23.4. The average Bonchev–Trinajstić information content (AvgIpc) is 3.05. The van der Waals surface area contributed by atoms with Crippen molar-refractivity contribution in [1.29, 1.82) is 0 Å². The normalized spacial score (nSPS) is 14.6. The van der Waals surface area contributed by atoms with E-state index in [4.69, 9.17) is 21.1 Å². The lowest BCUT2D eigenvalue weighted by Gasteiger charge is -2.24. The summed E-state index contributed by atoms with van der Waals surface area (Å²) < 4.78 is 38.4. The summed E-state index contributed by atoms with van der Waals surface area (Å²) in [4.78, 5) is 16.6. The average molecular weight is 613 g/mol. The summed E-state index contributed by atoms with van der Waals surface area (Å²) in [7, 11) is 0. The van der Waals surface area contributed by atoms with Crippen LogP contribution >= 0.6 is 11.6 Å². The van der Waals surface area contributed by atoms with Gasteiger partial charge in [-0.1, -0.05) is 35.9 Å². The van der Waals surface area contributed by atoms with Gasteiger partial charge in [-0.15, -0.1) is 0 Å². The van der Waals surface area contributed by atoms with E-state index < -0.39 is 0 Å². The molecule has 7 rings (SSSR count). The van der Waals surface area contributed by atoms with Gasteiger partial charge < -0.3 is 20.1 Å². The van der Waals surface area contributed by atoms with Crippen LogP contribution in [0.15, 0.2) is 97.7 Å². The second-order valence-electron chi connectivity index (χ2n) is 9.95. The number of nitrogens with zero attached hydrogens (tertiary/aromatic N) is 4. The first kappa shape index (κ1) is 29.3. The highest BCUT2D eigenvalue weighted by Gasteiger charge is 2.20. The molecule has 1 saturated heterocycles. The van der Waals surface area contributed by atoms with E-state index in [9.17, 15) is 8.78 Å². The molecule has 0 radical (unpaired) electrons. The van der Waals surface area contributed by atoms with Gasteiger partial charge in [0.05, 0.1) is 28.8 Å². The molecule has 0 aliphatic carbocycles. The molecule has 0 bridgehead atoms. The predicted molar refractivity (Wildman–Crippen MR) is 166 cm³/mol. The Labute approximate surface area is 257 Å². The molecular weight excluding hydrogens is 586 g/mol. The van der Waals surface area contributed by atoms with Gasteiger partial charge in [0.2, 0.25) is 0 Å². The number of rotatable bonds is 6. The van der Waals surface area contributed by atoms with Gasteiger partial charge in [0.15, 0.2) is 0 Å². The summed E-state index contributed by atoms with van der Waals surface area (Å²) in [5.41, 5.74) is 3.67. The third kappa shape index (κ3) is 7.05. The van der Waals surface area contributed by atoms with Crippen LogP contribution in [-0.2, 0) is 11.3 Å². The van der Waals surface area contributed by atoms with Crippen molar-refractivity contribution < 1.29 is 18.3 Å². The van der Waals surface area contributed by atoms with Crippen LogP contribution in [0.3, 0.4) is 0 Å². The molecule has 2 aromatic heterocycles. The first-order chi connectivity index (χ1) is 21.5. The maximum Gasteiger partial charge on any atom is 0.141 e. The molecule has 1 fully saturated rings. The molecule has 44 heavy (non-hydrogen) atoms. The lowest BCUT2D eigenvalue weighted by Crippen LogP contribution is -2.33. The SMILES string of the molecule is Fc1cc2cncnc2cc1C1CNCCO1.Fc1cccc(COc2ccc(Nc3ncnc4ccccc34)cc2Cl)c1. The Bertz CT molecular complexity index is 1900. The fraction of sp³-hybridized carbons (Fsp3) is 0.152. The molecule has 1 aliphatic rings. The van der Waals surface area contributed by atoms with Crippen molar-refractivity contribution in [3.8, 4) is 5.75 Å². The van der Waals surface area contributed by atoms with E-state index in [1.165, 1.54) is 30.9 Å². The van der Waals surface area contributed by atoms with E-state index in [1.54, 1.807) is 36.5 Å². The van der Waals surface area contributed by atoms with E-state index in [0.29, 0.717) is 40.7 Å². The molecule has 1 aliphatic heterocycles. The Hall–Kier alpha value is -4.77. The van der Waals surface area contributed by atoms with Crippen LogP contribution in [0.2, 0.25) is 5.02 Å². The number of morpholine rings is 1. The minimum absolute atomic E-state index is 0.233. The molecule has 2 N–H and O–H groups in total. The number of hydrogen-bond acceptors (Lipinski definition) is 8. The molecule has 1 atom stereocenters. The topological polar surface area (TPSA) is 94.1 Å². The summed E-state index contributed by atoms with van der Waals surface area (Å²) in [5, 5.41) is 8.52. The third-order valence-corrected chi connectivity index (χ3v) is 7.21. The quantitative estimate of drug-likeness (QED) is 0.204. The number of anilines is 2. The summed E-state index contributed by atoms with van der Waals surface area (Å²) in [6, 6.07) is 22.6. The monoisotopic (exact) mass is 612 g/mol. The van der Waals surface area contributed by atoms with Crippen LogP contribution in [-0.4, -0.2) is 39.6 Å². The smallest absolute Gasteiger partial charge is 0.141 e. The van der Waals surface area contributed by atoms with Gasteiger partial charge in [-0.3, -0.25) is 0 Å². The molecular formula is C33H27ClF2N6O2. The minimum Gasteiger partial charge on any atom is -0.487 e. The van der Waals surface area contributed by atoms with Crippen molar-refractivity contribution in [2.75, 3.05) is 25.0 Å². The summed E-state index contributed by atoms with van der Waals surface area (Å²) in [6.07, 6.45) is 4.35. The van der Waals surface area contributed by atoms with E-state index in [-0.39, 0.29) is 24.3 Å². The first-order valence-electron chi connectivity index (χ1n) is 13.9. The molecule has 3 heterocycles. The van der Waals surface area contributed by atoms with Crippen molar-refractivity contribution >= 4 is 44.9 Å². The molecule has 11 heteroatoms. The highest BCUT2D eigenvalue weighted by atomic mass is 35.5. The zero-order chi connectivity index (χ0) is 30.3. The van der Waals surface area contributed by atoms with E-state index >= 15 is 0 Å². The van der Waals surface area contributed by atoms with Crippen LogP contribution in [0.1, 0.15) is 17.2 Å². The number of benzene rings is 4. The second kappa shape index (κ2) is 13.7. The molecule has 0 amide bonds. The predicted octanol–water partition coefficient (Wildman–Crippen LogP) is 7.17. The molecule has 0 saturated carbocycles. The standard InChI is InChI=1S/C21H15ClFN3O.C12H12FN3O/c22-18-11-16(26-21-17-6-1-2-7-19(17)24-13-25-21)8-9-20(18)27-12-14-4-3-5-15(23)10-14;13-10-3-8-5-15-7-16-11(8)4-9(10)12-6-14-1-2-17-12/h1-11,13H,12H2,(H,24,25,26);3-5,7,12,14H,1-2,6H2. The lowest BCUT2D eigenvalue weighted by molar-refractivity contribution is 0.0256. The minimum atomic E-state index is -0.293. The van der Waals surface area contributed by atoms with Gasteiger partial charge in [0, 0.05) is 41.3 Å². The molecule has 8 nitrogen and oxygen atoms in total. The number of aromatic nitrogens is 4. The summed E-state index contributed by atoms with van der Waals surface area (Å²) in [5.74, 6) is 0.670. The Morgan fingerprint density at radius 3 is 2.66 bits per heavy atom. The number of halogens is 3. The fourth-order valence-corrected chi connectivity index (χ4v) is 4.99. The van der Waals surface area contributed by atoms with Crippen molar-refractivity contribution in [1.82, 2.24) is 25.3 Å². The van der Waals surface area contributed by atoms with Crippen LogP contribution in [0.25, 0.3) is 21.8 Å². The van der Waals surface area contributed by atoms with Gasteiger partial charge in [0.1, 0.15) is 42.5 Å². The summed E-state index contributed by atoms with van der Waals surface area (Å²) >= 11 is 6.34. The molecule has 4 aromatic carbocycles. The third-order valence-electron chi connectivity index (χ3n) is 6.92. The van der Waals surface area contributed by atoms with Crippen LogP contribution in [0, 0.1) is 11.6 Å². The van der Waals surface area contributed by atoms with Gasteiger partial charge >= 0.3 is 0 Å². The van der Waals surface area contributed by atoms with E-state index in [2.05, 4.69) is 30.6 Å². The zero-order valence-corrected chi connectivity index (χ0v) is 24.1. The van der Waals surface area contributed by atoms with Crippen molar-refractivity contribution in [2.24, 2.45) is 0 Å². The number of para-hydroxylation sites is 1. The molecule has 1 unspecified atom stereocenters. The molecule has 6 aromatic rings. The maximum atomic E-state index is 13.9. The van der Waals surface area contributed by atoms with Crippen LogP contribution in [0.5, 0.6) is 5.75 Å². The second-order valence-corrected chi connectivity index (χ2v) is 10.4. The number of fused-ring (bicyclic) bond motifs is 2. The molecule has 222 valence electrons. The Kier molecular flexibility index (Phi) is 9.11. The van der Waals surface area contributed by atoms with Crippen molar-refractivity contribution in [3.05, 3.63) is 125 Å². The highest BCUT2D eigenvalue weighted by Crippen LogP contribution is 2.31. The Morgan fingerprint density at radius 2 is 1.82 bits per heavy atom. The van der Waals surface area contributed by atoms with Gasteiger partial charge in [0.25, 0.3) is 0 Å². The van der Waals surface area contributed by atoms with E-state index in [0.717, 1.165) is 34.2 Å². The Balaban J connectivity index is 0.000000173. The number of ether oxygens (including phenoxy) is 2. The van der Waals surface area contributed by atoms with Crippen molar-refractivity contribution in [3.63, 3.8) is 0 Å². The lowest BCUT2D eigenvalue weighted by atomic mass is 10.1. The van der Waals surface area contributed by atoms with Gasteiger partial charge in [-0.2, -0.15) is 0 Å². The Morgan fingerprint density at radius 1 is 0.932 bits per heavy atom. The van der Waals surface area contributed by atoms with Crippen LogP contribution in [0.4, 0.5) is 20.3 Å². The maximum absolute atomic E-state index is 13.9. The molecule has 0 spiro atoms. The van der Waals surface area contributed by atoms with Gasteiger partial charge in [-0.25, -0.2) is 28.7 Å². The number of nitrogens with one attached hydrogen (secondary N) is 2. The van der Waals surface area contributed by atoms with Crippen molar-refractivity contribution in [2.45, 2.75) is 12.7 Å². The van der Waals surface area contributed by atoms with Crippen LogP contribution < -0.4 is 15.4 Å².